The Bertz CT molecular complexity index is 352. The van der Waals surface area contributed by atoms with Gasteiger partial charge in [0.2, 0.25) is 0 Å². The number of hydrogen-bond donors (Lipinski definition) is 1. The Hall–Kier alpha value is -1.09. The molecule has 0 radical (unpaired) electrons. The minimum Gasteiger partial charge on any atom is -0.398 e. The van der Waals surface area contributed by atoms with Gasteiger partial charge in [0.1, 0.15) is 5.82 Å². The van der Waals surface area contributed by atoms with Gasteiger partial charge in [-0.2, -0.15) is 0 Å². The summed E-state index contributed by atoms with van der Waals surface area (Å²) in [7, 11) is 0. The fourth-order valence-corrected chi connectivity index (χ4v) is 1.24. The Kier molecular flexibility index (Phi) is 2.88. The van der Waals surface area contributed by atoms with Gasteiger partial charge in [0.25, 0.3) is 0 Å². The molecule has 0 saturated carbocycles. The summed E-state index contributed by atoms with van der Waals surface area (Å²) in [5, 5.41) is 0. The highest BCUT2D eigenvalue weighted by Crippen LogP contribution is 2.20. The van der Waals surface area contributed by atoms with Crippen LogP contribution in [0.25, 0.3) is 0 Å². The molecule has 0 bridgehead atoms. The van der Waals surface area contributed by atoms with Gasteiger partial charge in [-0.3, -0.25) is 4.79 Å². The molecule has 0 saturated heterocycles. The number of rotatable bonds is 2. The van der Waals surface area contributed by atoms with Gasteiger partial charge in [0, 0.05) is 5.69 Å². The molecule has 0 aliphatic carbocycles. The summed E-state index contributed by atoms with van der Waals surface area (Å²) in [4.78, 5) is 11.2. The van der Waals surface area contributed by atoms with Crippen LogP contribution < -0.4 is 5.73 Å². The average molecular weight is 202 g/mol. The van der Waals surface area contributed by atoms with Crippen molar-refractivity contribution >= 4 is 23.1 Å². The monoisotopic (exact) mass is 201 g/mol. The molecule has 0 aliphatic heterocycles. The molecular formula is C9H9ClFNO. The molecule has 0 atom stereocenters. The number of nitrogen functional groups attached to an aromatic ring is 1. The highest BCUT2D eigenvalue weighted by molar-refractivity contribution is 6.30. The largest absolute Gasteiger partial charge is 0.398 e. The molecule has 1 aromatic carbocycles. The third-order valence-electron chi connectivity index (χ3n) is 1.86. The van der Waals surface area contributed by atoms with Crippen molar-refractivity contribution in [2.24, 2.45) is 0 Å². The number of halogens is 2. The Morgan fingerprint density at radius 3 is 2.77 bits per heavy atom. The molecule has 0 aromatic heterocycles. The van der Waals surface area contributed by atoms with Gasteiger partial charge in [-0.25, -0.2) is 4.39 Å². The standard InChI is InChI=1S/C9H9ClFNO/c1-5-7(12)3-2-6(11)9(5)8(13)4-10/h2-3H,4,12H2,1H3. The van der Waals surface area contributed by atoms with Crippen molar-refractivity contribution in [2.45, 2.75) is 6.92 Å². The van der Waals surface area contributed by atoms with Gasteiger partial charge in [0.15, 0.2) is 5.78 Å². The molecule has 0 heterocycles. The minimum atomic E-state index is -0.572. The molecule has 1 rings (SSSR count). The van der Waals surface area contributed by atoms with E-state index in [4.69, 9.17) is 17.3 Å². The van der Waals surface area contributed by atoms with E-state index in [9.17, 15) is 9.18 Å². The maximum absolute atomic E-state index is 13.1. The number of carbonyl (C=O) groups is 1. The molecule has 2 nitrogen and oxygen atoms in total. The summed E-state index contributed by atoms with van der Waals surface area (Å²) in [5.74, 6) is -1.25. The zero-order valence-corrected chi connectivity index (χ0v) is 7.86. The van der Waals surface area contributed by atoms with Crippen LogP contribution >= 0.6 is 11.6 Å². The van der Waals surface area contributed by atoms with Gasteiger partial charge in [0.05, 0.1) is 11.4 Å². The lowest BCUT2D eigenvalue weighted by atomic mass is 10.0. The zero-order valence-electron chi connectivity index (χ0n) is 7.10. The molecular weight excluding hydrogens is 193 g/mol. The van der Waals surface area contributed by atoms with Crippen LogP contribution in [-0.4, -0.2) is 11.7 Å². The van der Waals surface area contributed by atoms with Crippen molar-refractivity contribution in [1.29, 1.82) is 0 Å². The second-order valence-corrected chi connectivity index (χ2v) is 2.96. The summed E-state index contributed by atoms with van der Waals surface area (Å²) in [6.07, 6.45) is 0. The molecule has 0 amide bonds. The first-order chi connectivity index (χ1) is 6.07. The Morgan fingerprint density at radius 2 is 2.23 bits per heavy atom. The fraction of sp³-hybridized carbons (Fsp3) is 0.222. The van der Waals surface area contributed by atoms with Crippen LogP contribution in [0, 0.1) is 12.7 Å². The maximum atomic E-state index is 13.1. The summed E-state index contributed by atoms with van der Waals surface area (Å²) in [6.45, 7) is 1.60. The predicted octanol–water partition coefficient (Wildman–Crippen LogP) is 2.14. The number of nitrogens with two attached hydrogens (primary N) is 1. The van der Waals surface area contributed by atoms with E-state index in [-0.39, 0.29) is 11.4 Å². The molecule has 70 valence electrons. The van der Waals surface area contributed by atoms with Crippen LogP contribution in [-0.2, 0) is 0 Å². The van der Waals surface area contributed by atoms with Crippen LogP contribution in [0.3, 0.4) is 0 Å². The van der Waals surface area contributed by atoms with Crippen molar-refractivity contribution in [2.75, 3.05) is 11.6 Å². The Labute approximate surface area is 80.5 Å². The molecule has 0 aliphatic rings. The number of ketones is 1. The maximum Gasteiger partial charge on any atom is 0.180 e. The Morgan fingerprint density at radius 1 is 1.62 bits per heavy atom. The number of benzene rings is 1. The quantitative estimate of drug-likeness (QED) is 0.453. The number of carbonyl (C=O) groups excluding carboxylic acids is 1. The average Bonchev–Trinajstić information content (AvgIpc) is 2.12. The first-order valence-electron chi connectivity index (χ1n) is 3.71. The van der Waals surface area contributed by atoms with E-state index in [2.05, 4.69) is 0 Å². The van der Waals surface area contributed by atoms with E-state index >= 15 is 0 Å². The lowest BCUT2D eigenvalue weighted by Crippen LogP contribution is -2.08. The molecule has 0 spiro atoms. The number of alkyl halides is 1. The number of anilines is 1. The van der Waals surface area contributed by atoms with Crippen molar-refractivity contribution < 1.29 is 9.18 Å². The highest BCUT2D eigenvalue weighted by atomic mass is 35.5. The summed E-state index contributed by atoms with van der Waals surface area (Å²) in [6, 6.07) is 2.60. The SMILES string of the molecule is Cc1c(N)ccc(F)c1C(=O)CCl. The molecule has 13 heavy (non-hydrogen) atoms. The normalized spacial score (nSPS) is 10.1. The lowest BCUT2D eigenvalue weighted by Gasteiger charge is -2.06. The van der Waals surface area contributed by atoms with E-state index in [0.717, 1.165) is 0 Å². The van der Waals surface area contributed by atoms with Crippen LogP contribution in [0.2, 0.25) is 0 Å². The predicted molar refractivity (Wildman–Crippen MR) is 50.6 cm³/mol. The first kappa shape index (κ1) is 9.99. The molecule has 0 unspecified atom stereocenters. The summed E-state index contributed by atoms with van der Waals surface area (Å²) < 4.78 is 13.1. The van der Waals surface area contributed by atoms with Crippen LogP contribution in [0.4, 0.5) is 10.1 Å². The van der Waals surface area contributed by atoms with Gasteiger partial charge in [-0.05, 0) is 24.6 Å². The van der Waals surface area contributed by atoms with Gasteiger partial charge in [-0.15, -0.1) is 11.6 Å². The minimum absolute atomic E-state index is 0.00463. The van der Waals surface area contributed by atoms with Crippen molar-refractivity contribution in [3.8, 4) is 0 Å². The third kappa shape index (κ3) is 1.80. The summed E-state index contributed by atoms with van der Waals surface area (Å²) in [5.41, 5.74) is 6.36. The van der Waals surface area contributed by atoms with Crippen LogP contribution in [0.1, 0.15) is 15.9 Å². The second kappa shape index (κ2) is 3.75. The Balaban J connectivity index is 3.33. The molecule has 2 N–H and O–H groups in total. The summed E-state index contributed by atoms with van der Waals surface area (Å²) >= 11 is 5.33. The number of hydrogen-bond acceptors (Lipinski definition) is 2. The van der Waals surface area contributed by atoms with E-state index in [0.29, 0.717) is 11.3 Å². The molecule has 4 heteroatoms. The topological polar surface area (TPSA) is 43.1 Å². The van der Waals surface area contributed by atoms with Crippen LogP contribution in [0.15, 0.2) is 12.1 Å². The second-order valence-electron chi connectivity index (χ2n) is 2.69. The first-order valence-corrected chi connectivity index (χ1v) is 4.25. The van der Waals surface area contributed by atoms with Crippen molar-refractivity contribution in [1.82, 2.24) is 0 Å². The van der Waals surface area contributed by atoms with E-state index in [1.165, 1.54) is 12.1 Å². The van der Waals surface area contributed by atoms with E-state index in [1.807, 2.05) is 0 Å². The van der Waals surface area contributed by atoms with Gasteiger partial charge >= 0.3 is 0 Å². The smallest absolute Gasteiger partial charge is 0.180 e. The zero-order chi connectivity index (χ0) is 10.0. The van der Waals surface area contributed by atoms with Gasteiger partial charge in [-0.1, -0.05) is 0 Å². The fourth-order valence-electron chi connectivity index (χ4n) is 1.10. The van der Waals surface area contributed by atoms with Crippen molar-refractivity contribution in [3.63, 3.8) is 0 Å². The lowest BCUT2D eigenvalue weighted by molar-refractivity contribution is 0.101. The highest BCUT2D eigenvalue weighted by Gasteiger charge is 2.14. The number of Topliss-reactive ketones (excluding diaryl/α,β-unsaturated/α-hetero) is 1. The molecule has 0 fully saturated rings. The van der Waals surface area contributed by atoms with E-state index in [1.54, 1.807) is 6.92 Å². The van der Waals surface area contributed by atoms with Gasteiger partial charge < -0.3 is 5.73 Å². The van der Waals surface area contributed by atoms with Crippen molar-refractivity contribution in [3.05, 3.63) is 29.1 Å². The van der Waals surface area contributed by atoms with E-state index < -0.39 is 11.6 Å². The third-order valence-corrected chi connectivity index (χ3v) is 2.10. The van der Waals surface area contributed by atoms with Crippen LogP contribution in [0.5, 0.6) is 0 Å². The molecule has 1 aromatic rings.